The van der Waals surface area contributed by atoms with Gasteiger partial charge in [-0.2, -0.15) is 5.10 Å². The Balaban J connectivity index is 1.74. The Labute approximate surface area is 191 Å². The standard InChI is InChI=1S/C27H23ClN2O2/c1-27(32)16-21-23(25(30-29-21)18-8-4-2-5-9-18)22(17-12-14-20(28)15-13-17)24(27)26(31)19-10-6-3-7-11-19/h2-15,22,24,32H,16H2,1H3,(H,29,30). The minimum absolute atomic E-state index is 0.0820. The van der Waals surface area contributed by atoms with E-state index in [0.717, 1.165) is 28.1 Å². The molecule has 5 rings (SSSR count). The summed E-state index contributed by atoms with van der Waals surface area (Å²) in [6, 6.07) is 26.6. The molecule has 0 spiro atoms. The van der Waals surface area contributed by atoms with Crippen LogP contribution in [0.2, 0.25) is 5.02 Å². The minimum Gasteiger partial charge on any atom is -0.389 e. The first-order chi connectivity index (χ1) is 15.5. The number of nitrogens with one attached hydrogen (secondary N) is 1. The lowest BCUT2D eigenvalue weighted by Crippen LogP contribution is -2.48. The van der Waals surface area contributed by atoms with Gasteiger partial charge in [0.2, 0.25) is 0 Å². The van der Waals surface area contributed by atoms with Crippen molar-refractivity contribution in [2.24, 2.45) is 5.92 Å². The fourth-order valence-electron chi connectivity index (χ4n) is 4.91. The first-order valence-corrected chi connectivity index (χ1v) is 11.0. The Morgan fingerprint density at radius 1 is 1.00 bits per heavy atom. The zero-order valence-corrected chi connectivity index (χ0v) is 18.4. The third kappa shape index (κ3) is 3.56. The monoisotopic (exact) mass is 442 g/mol. The van der Waals surface area contributed by atoms with Crippen LogP contribution in [0, 0.1) is 5.92 Å². The summed E-state index contributed by atoms with van der Waals surface area (Å²) >= 11 is 6.17. The molecule has 3 atom stereocenters. The lowest BCUT2D eigenvalue weighted by atomic mass is 9.63. The maximum absolute atomic E-state index is 13.8. The van der Waals surface area contributed by atoms with E-state index in [4.69, 9.17) is 11.6 Å². The second-order valence-corrected chi connectivity index (χ2v) is 9.04. The molecule has 0 radical (unpaired) electrons. The van der Waals surface area contributed by atoms with Crippen molar-refractivity contribution < 1.29 is 9.90 Å². The predicted octanol–water partition coefficient (Wildman–Crippen LogP) is 5.67. The Bertz CT molecular complexity index is 1250. The van der Waals surface area contributed by atoms with Gasteiger partial charge in [0.25, 0.3) is 0 Å². The molecule has 1 aromatic heterocycles. The molecule has 3 aromatic carbocycles. The number of rotatable bonds is 4. The van der Waals surface area contributed by atoms with Gasteiger partial charge in [-0.1, -0.05) is 84.4 Å². The van der Waals surface area contributed by atoms with Crippen LogP contribution in [0.1, 0.15) is 40.0 Å². The van der Waals surface area contributed by atoms with Gasteiger partial charge in [-0.3, -0.25) is 9.89 Å². The lowest BCUT2D eigenvalue weighted by molar-refractivity contribution is -0.00733. The molecule has 0 amide bonds. The van der Waals surface area contributed by atoms with Gasteiger partial charge in [0.15, 0.2) is 5.78 Å². The number of aromatic nitrogens is 2. The van der Waals surface area contributed by atoms with E-state index in [1.54, 1.807) is 19.1 Å². The first-order valence-electron chi connectivity index (χ1n) is 10.7. The molecule has 1 aliphatic rings. The van der Waals surface area contributed by atoms with E-state index in [0.29, 0.717) is 17.0 Å². The summed E-state index contributed by atoms with van der Waals surface area (Å²) in [7, 11) is 0. The summed E-state index contributed by atoms with van der Waals surface area (Å²) in [5.74, 6) is -1.15. The Kier molecular flexibility index (Phi) is 5.20. The van der Waals surface area contributed by atoms with Gasteiger partial charge in [-0.05, 0) is 24.6 Å². The Morgan fingerprint density at radius 2 is 1.62 bits per heavy atom. The fraction of sp³-hybridized carbons (Fsp3) is 0.185. The molecule has 1 heterocycles. The number of Topliss-reactive ketones (excluding diaryl/α,β-unsaturated/α-hetero) is 1. The lowest BCUT2D eigenvalue weighted by Gasteiger charge is -2.42. The number of benzene rings is 3. The quantitative estimate of drug-likeness (QED) is 0.400. The number of carbonyl (C=O) groups excluding carboxylic acids is 1. The minimum atomic E-state index is -1.26. The number of ketones is 1. The van der Waals surface area contributed by atoms with Gasteiger partial charge in [-0.15, -0.1) is 0 Å². The third-order valence-electron chi connectivity index (χ3n) is 6.35. The summed E-state index contributed by atoms with van der Waals surface area (Å²) in [6.45, 7) is 1.74. The predicted molar refractivity (Wildman–Crippen MR) is 126 cm³/mol. The Morgan fingerprint density at radius 3 is 2.28 bits per heavy atom. The van der Waals surface area contributed by atoms with Crippen molar-refractivity contribution in [2.45, 2.75) is 24.9 Å². The van der Waals surface area contributed by atoms with E-state index in [2.05, 4.69) is 10.2 Å². The number of hydrogen-bond donors (Lipinski definition) is 2. The van der Waals surface area contributed by atoms with Gasteiger partial charge in [-0.25, -0.2) is 0 Å². The zero-order chi connectivity index (χ0) is 22.3. The highest BCUT2D eigenvalue weighted by molar-refractivity contribution is 6.30. The molecule has 0 fully saturated rings. The van der Waals surface area contributed by atoms with Crippen molar-refractivity contribution >= 4 is 17.4 Å². The van der Waals surface area contributed by atoms with Crippen molar-refractivity contribution in [1.82, 2.24) is 10.2 Å². The summed E-state index contributed by atoms with van der Waals surface area (Å²) < 4.78 is 0. The van der Waals surface area contributed by atoms with Crippen LogP contribution >= 0.6 is 11.6 Å². The van der Waals surface area contributed by atoms with Crippen molar-refractivity contribution in [3.05, 3.63) is 112 Å². The molecule has 0 aliphatic heterocycles. The van der Waals surface area contributed by atoms with Crippen LogP contribution < -0.4 is 0 Å². The topological polar surface area (TPSA) is 66.0 Å². The van der Waals surface area contributed by atoms with Crippen molar-refractivity contribution in [3.8, 4) is 11.3 Å². The number of fused-ring (bicyclic) bond motifs is 1. The smallest absolute Gasteiger partial charge is 0.169 e. The highest BCUT2D eigenvalue weighted by Gasteiger charge is 2.50. The molecule has 4 nitrogen and oxygen atoms in total. The van der Waals surface area contributed by atoms with Crippen molar-refractivity contribution in [2.75, 3.05) is 0 Å². The van der Waals surface area contributed by atoms with E-state index in [9.17, 15) is 9.90 Å². The second kappa shape index (κ2) is 8.05. The second-order valence-electron chi connectivity index (χ2n) is 8.60. The molecular formula is C27H23ClN2O2. The van der Waals surface area contributed by atoms with Crippen LogP contribution in [0.5, 0.6) is 0 Å². The summed E-state index contributed by atoms with van der Waals surface area (Å²) in [4.78, 5) is 13.8. The van der Waals surface area contributed by atoms with Gasteiger partial charge in [0.05, 0.1) is 17.2 Å². The maximum atomic E-state index is 13.8. The average molecular weight is 443 g/mol. The molecule has 1 aliphatic carbocycles. The van der Waals surface area contributed by atoms with Crippen molar-refractivity contribution in [1.29, 1.82) is 0 Å². The zero-order valence-electron chi connectivity index (χ0n) is 17.6. The first kappa shape index (κ1) is 20.7. The van der Waals surface area contributed by atoms with Gasteiger partial charge in [0, 0.05) is 39.7 Å². The number of hydrogen-bond acceptors (Lipinski definition) is 3. The average Bonchev–Trinajstić information content (AvgIpc) is 3.22. The molecule has 0 saturated heterocycles. The number of halogens is 1. The molecule has 0 bridgehead atoms. The normalized spacial score (nSPS) is 22.3. The van der Waals surface area contributed by atoms with Crippen molar-refractivity contribution in [3.63, 3.8) is 0 Å². The number of carbonyl (C=O) groups is 1. The highest BCUT2D eigenvalue weighted by Crippen LogP contribution is 2.49. The SMILES string of the molecule is CC1(O)Cc2[nH]nc(-c3ccccc3)c2C(c2ccc(Cl)cc2)C1C(=O)c1ccccc1. The summed E-state index contributed by atoms with van der Waals surface area (Å²) in [5.41, 5.74) is 3.84. The summed E-state index contributed by atoms with van der Waals surface area (Å²) in [5, 5.41) is 20.0. The van der Waals surface area contributed by atoms with Gasteiger partial charge in [0.1, 0.15) is 0 Å². The Hall–Kier alpha value is -3.21. The van der Waals surface area contributed by atoms with Crippen LogP contribution in [-0.4, -0.2) is 26.7 Å². The van der Waals surface area contributed by atoms with Crippen LogP contribution in [-0.2, 0) is 6.42 Å². The molecule has 0 saturated carbocycles. The van der Waals surface area contributed by atoms with Crippen LogP contribution in [0.4, 0.5) is 0 Å². The van der Waals surface area contributed by atoms with E-state index in [1.807, 2.05) is 72.8 Å². The molecule has 5 heteroatoms. The maximum Gasteiger partial charge on any atom is 0.169 e. The largest absolute Gasteiger partial charge is 0.389 e. The molecule has 4 aromatic rings. The van der Waals surface area contributed by atoms with Crippen LogP contribution in [0.15, 0.2) is 84.9 Å². The van der Waals surface area contributed by atoms with Gasteiger partial charge >= 0.3 is 0 Å². The van der Waals surface area contributed by atoms with Gasteiger partial charge < -0.3 is 5.11 Å². The fourth-order valence-corrected chi connectivity index (χ4v) is 5.04. The van der Waals surface area contributed by atoms with E-state index in [-0.39, 0.29) is 11.7 Å². The molecule has 160 valence electrons. The van der Waals surface area contributed by atoms with E-state index in [1.165, 1.54) is 0 Å². The number of aromatic amines is 1. The highest BCUT2D eigenvalue weighted by atomic mass is 35.5. The molecule has 2 N–H and O–H groups in total. The molecule has 32 heavy (non-hydrogen) atoms. The van der Waals surface area contributed by atoms with Crippen LogP contribution in [0.25, 0.3) is 11.3 Å². The van der Waals surface area contributed by atoms with E-state index >= 15 is 0 Å². The van der Waals surface area contributed by atoms with E-state index < -0.39 is 11.5 Å². The number of aliphatic hydroxyl groups is 1. The number of nitrogens with zero attached hydrogens (tertiary/aromatic N) is 1. The molecule has 3 unspecified atom stereocenters. The summed E-state index contributed by atoms with van der Waals surface area (Å²) in [6.07, 6.45) is 0.315. The molecular weight excluding hydrogens is 420 g/mol. The third-order valence-corrected chi connectivity index (χ3v) is 6.60. The van der Waals surface area contributed by atoms with Crippen LogP contribution in [0.3, 0.4) is 0 Å². The number of H-pyrrole nitrogens is 1.